The Labute approximate surface area is 304 Å². The number of amides is 4. The van der Waals surface area contributed by atoms with Gasteiger partial charge in [-0.25, -0.2) is 0 Å². The van der Waals surface area contributed by atoms with Gasteiger partial charge in [0.2, 0.25) is 23.6 Å². The minimum absolute atomic E-state index is 0.125. The molecule has 0 aliphatic carbocycles. The first kappa shape index (κ1) is 38.6. The zero-order chi connectivity index (χ0) is 37.9. The Kier molecular flexibility index (Phi) is 13.1. The van der Waals surface area contributed by atoms with Gasteiger partial charge >= 0.3 is 5.97 Å². The zero-order valence-corrected chi connectivity index (χ0v) is 30.1. The Hall–Kier alpha value is -6.17. The van der Waals surface area contributed by atoms with Crippen LogP contribution < -0.4 is 31.1 Å². The maximum Gasteiger partial charge on any atom is 0.315 e. The molecule has 4 amide bonds. The van der Waals surface area contributed by atoms with Gasteiger partial charge in [-0.2, -0.15) is 0 Å². The first-order valence-corrected chi connectivity index (χ1v) is 16.8. The summed E-state index contributed by atoms with van der Waals surface area (Å²) >= 11 is 0. The second kappa shape index (κ2) is 17.7. The van der Waals surface area contributed by atoms with Gasteiger partial charge in [0.05, 0.1) is 13.1 Å². The van der Waals surface area contributed by atoms with Gasteiger partial charge in [0.15, 0.2) is 0 Å². The quantitative estimate of drug-likeness (QED) is 0.102. The number of hydrogen-bond donors (Lipinski definition) is 4. The van der Waals surface area contributed by atoms with Crippen LogP contribution >= 0.6 is 0 Å². The van der Waals surface area contributed by atoms with Crippen LogP contribution in [0, 0.1) is 5.92 Å². The predicted octanol–water partition coefficient (Wildman–Crippen LogP) is 3.38. The van der Waals surface area contributed by atoms with Gasteiger partial charge in [0.25, 0.3) is 0 Å². The van der Waals surface area contributed by atoms with E-state index in [0.29, 0.717) is 5.69 Å². The van der Waals surface area contributed by atoms with E-state index >= 15 is 0 Å². The number of hydrogen-bond acceptors (Lipinski definition) is 7. The zero-order valence-electron chi connectivity index (χ0n) is 30.1. The van der Waals surface area contributed by atoms with E-state index in [4.69, 9.17) is 10.8 Å². The number of benzene rings is 4. The minimum atomic E-state index is -1.35. The number of primary amides is 1. The van der Waals surface area contributed by atoms with Crippen molar-refractivity contribution in [1.29, 1.82) is 0 Å². The topological polar surface area (TPSA) is 165 Å². The molecule has 4 rings (SSSR count). The number of anilines is 3. The number of nitrogens with one attached hydrogen (secondary N) is 2. The summed E-state index contributed by atoms with van der Waals surface area (Å²) in [6, 6.07) is 32.1. The fourth-order valence-electron chi connectivity index (χ4n) is 5.74. The Morgan fingerprint density at radius 1 is 0.654 bits per heavy atom. The van der Waals surface area contributed by atoms with Gasteiger partial charge in [0, 0.05) is 57.6 Å². The average Bonchev–Trinajstić information content (AvgIpc) is 3.13. The SMILES string of the molecule is CC(C(=O)O)C(=O)NCC(=O)NCC(=O)N(c1ccc(C(c2ccc(N(C)C)cc2)c2ccc(N(C)C)cc2)cc1)[C@@H](Cc1ccccc1)C(N)=O. The molecule has 5 N–H and O–H groups in total. The highest BCUT2D eigenvalue weighted by Crippen LogP contribution is 2.35. The third-order valence-electron chi connectivity index (χ3n) is 8.79. The number of nitrogens with two attached hydrogens (primary N) is 1. The van der Waals surface area contributed by atoms with Crippen molar-refractivity contribution < 1.29 is 29.1 Å². The smallest absolute Gasteiger partial charge is 0.315 e. The lowest BCUT2D eigenvalue weighted by atomic mass is 9.85. The molecule has 12 nitrogen and oxygen atoms in total. The van der Waals surface area contributed by atoms with Gasteiger partial charge < -0.3 is 31.3 Å². The highest BCUT2D eigenvalue weighted by Gasteiger charge is 2.31. The van der Waals surface area contributed by atoms with Gasteiger partial charge in [-0.1, -0.05) is 66.7 Å². The Morgan fingerprint density at radius 2 is 1.12 bits per heavy atom. The second-order valence-electron chi connectivity index (χ2n) is 12.9. The van der Waals surface area contributed by atoms with E-state index in [9.17, 15) is 24.0 Å². The summed E-state index contributed by atoms with van der Waals surface area (Å²) in [5.41, 5.74) is 12.3. The molecule has 12 heteroatoms. The van der Waals surface area contributed by atoms with Gasteiger partial charge in [-0.15, -0.1) is 0 Å². The van der Waals surface area contributed by atoms with Crippen LogP contribution in [0.4, 0.5) is 17.1 Å². The first-order valence-electron chi connectivity index (χ1n) is 16.8. The van der Waals surface area contributed by atoms with E-state index in [-0.39, 0.29) is 12.3 Å². The maximum absolute atomic E-state index is 13.9. The average molecular weight is 707 g/mol. The molecule has 52 heavy (non-hydrogen) atoms. The summed E-state index contributed by atoms with van der Waals surface area (Å²) in [7, 11) is 7.95. The van der Waals surface area contributed by atoms with E-state index < -0.39 is 54.6 Å². The minimum Gasteiger partial charge on any atom is -0.481 e. The van der Waals surface area contributed by atoms with Crippen LogP contribution in [0.1, 0.15) is 35.1 Å². The lowest BCUT2D eigenvalue weighted by molar-refractivity contribution is -0.146. The van der Waals surface area contributed by atoms with E-state index in [1.54, 1.807) is 12.1 Å². The molecule has 272 valence electrons. The number of aliphatic carboxylic acids is 1. The van der Waals surface area contributed by atoms with Gasteiger partial charge in [0.1, 0.15) is 12.0 Å². The number of carboxylic acid groups (broad SMARTS) is 1. The van der Waals surface area contributed by atoms with Crippen LogP contribution in [0.2, 0.25) is 0 Å². The number of carboxylic acids is 1. The molecule has 0 spiro atoms. The summed E-state index contributed by atoms with van der Waals surface area (Å²) in [4.78, 5) is 67.9. The van der Waals surface area contributed by atoms with Crippen LogP contribution in [-0.2, 0) is 30.4 Å². The van der Waals surface area contributed by atoms with E-state index in [2.05, 4.69) is 59.2 Å². The molecule has 4 aromatic rings. The fraction of sp³-hybridized carbons (Fsp3) is 0.275. The van der Waals surface area contributed by atoms with Gasteiger partial charge in [-0.05, 0) is 65.6 Å². The number of nitrogens with zero attached hydrogens (tertiary/aromatic N) is 3. The van der Waals surface area contributed by atoms with Crippen molar-refractivity contribution in [3.8, 4) is 0 Å². The molecule has 0 saturated carbocycles. The van der Waals surface area contributed by atoms with Crippen molar-refractivity contribution >= 4 is 46.7 Å². The molecule has 2 atom stereocenters. The lowest BCUT2D eigenvalue weighted by Crippen LogP contribution is -2.53. The maximum atomic E-state index is 13.9. The van der Waals surface area contributed by atoms with E-state index in [1.165, 1.54) is 11.8 Å². The Morgan fingerprint density at radius 3 is 1.54 bits per heavy atom. The number of carbonyl (C=O) groups excluding carboxylic acids is 4. The predicted molar refractivity (Wildman–Crippen MR) is 202 cm³/mol. The summed E-state index contributed by atoms with van der Waals surface area (Å²) < 4.78 is 0. The van der Waals surface area contributed by atoms with Crippen molar-refractivity contribution in [2.75, 3.05) is 56.0 Å². The standard InChI is InChI=1S/C40H46N6O6/c1-26(40(51)52)39(50)43-24-35(47)42-25-36(48)46(34(38(41)49)23-27-9-7-6-8-10-27)33-21-15-30(16-22-33)37(28-11-17-31(18-12-28)44(2)3)29-13-19-32(20-14-29)45(4)5/h6-22,26,34,37H,23-25H2,1-5H3,(H2,41,49)(H,42,47)(H,43,50)(H,51,52)/t26?,34-/m0/s1. The van der Waals surface area contributed by atoms with E-state index in [1.807, 2.05) is 80.5 Å². The van der Waals surface area contributed by atoms with Crippen molar-refractivity contribution in [1.82, 2.24) is 10.6 Å². The summed E-state index contributed by atoms with van der Waals surface area (Å²) in [5, 5.41) is 13.7. The molecule has 0 heterocycles. The monoisotopic (exact) mass is 706 g/mol. The first-order chi connectivity index (χ1) is 24.8. The molecule has 0 aliphatic heterocycles. The van der Waals surface area contributed by atoms with Gasteiger partial charge in [-0.3, -0.25) is 28.9 Å². The fourth-order valence-corrected chi connectivity index (χ4v) is 5.74. The molecule has 4 aromatic carbocycles. The summed E-state index contributed by atoms with van der Waals surface area (Å²) in [5.74, 6) is -5.73. The van der Waals surface area contributed by atoms with Crippen molar-refractivity contribution in [2.45, 2.75) is 25.3 Å². The molecule has 0 fully saturated rings. The van der Waals surface area contributed by atoms with Crippen molar-refractivity contribution in [3.05, 3.63) is 125 Å². The largest absolute Gasteiger partial charge is 0.481 e. The normalized spacial score (nSPS) is 12.0. The molecule has 0 saturated heterocycles. The Balaban J connectivity index is 1.67. The number of rotatable bonds is 16. The summed E-state index contributed by atoms with van der Waals surface area (Å²) in [6.07, 6.45) is 0.125. The summed E-state index contributed by atoms with van der Waals surface area (Å²) in [6.45, 7) is 0.152. The van der Waals surface area contributed by atoms with Crippen LogP contribution in [0.5, 0.6) is 0 Å². The molecule has 0 aliphatic rings. The molecular weight excluding hydrogens is 660 g/mol. The highest BCUT2D eigenvalue weighted by atomic mass is 16.4. The Bertz CT molecular complexity index is 1790. The highest BCUT2D eigenvalue weighted by molar-refractivity contribution is 6.03. The van der Waals surface area contributed by atoms with Crippen LogP contribution in [0.25, 0.3) is 0 Å². The number of carbonyl (C=O) groups is 5. The van der Waals surface area contributed by atoms with Crippen LogP contribution in [-0.4, -0.2) is 82.0 Å². The van der Waals surface area contributed by atoms with E-state index in [0.717, 1.165) is 33.6 Å². The molecular formula is C40H46N6O6. The molecule has 0 aromatic heterocycles. The van der Waals surface area contributed by atoms with Crippen LogP contribution in [0.3, 0.4) is 0 Å². The lowest BCUT2D eigenvalue weighted by Gasteiger charge is -2.31. The molecule has 0 bridgehead atoms. The van der Waals surface area contributed by atoms with Crippen molar-refractivity contribution in [2.24, 2.45) is 11.7 Å². The van der Waals surface area contributed by atoms with Crippen LogP contribution in [0.15, 0.2) is 103 Å². The molecule has 1 unspecified atom stereocenters. The van der Waals surface area contributed by atoms with Crippen molar-refractivity contribution in [3.63, 3.8) is 0 Å². The molecule has 0 radical (unpaired) electrons. The third-order valence-corrected chi connectivity index (χ3v) is 8.79. The third kappa shape index (κ3) is 9.96. The second-order valence-corrected chi connectivity index (χ2v) is 12.9.